The van der Waals surface area contributed by atoms with Crippen LogP contribution in [0, 0.1) is 0 Å². The molecular formula is C7H11N7. The molecule has 0 aliphatic rings. The summed E-state index contributed by atoms with van der Waals surface area (Å²) >= 11 is 0. The van der Waals surface area contributed by atoms with E-state index >= 15 is 0 Å². The maximum Gasteiger partial charge on any atom is 0.144 e. The Labute approximate surface area is 80.7 Å². The second-order valence-electron chi connectivity index (χ2n) is 2.92. The van der Waals surface area contributed by atoms with Crippen molar-refractivity contribution in [2.24, 2.45) is 14.1 Å². The lowest BCUT2D eigenvalue weighted by Crippen LogP contribution is -2.05. The number of nitrogens with one attached hydrogen (secondary N) is 1. The molecule has 2 rings (SSSR count). The molecule has 0 radical (unpaired) electrons. The van der Waals surface area contributed by atoms with Crippen molar-refractivity contribution in [2.75, 3.05) is 5.32 Å². The summed E-state index contributed by atoms with van der Waals surface area (Å²) in [5, 5.41) is 18.8. The van der Waals surface area contributed by atoms with Gasteiger partial charge in [0.25, 0.3) is 0 Å². The number of hydrogen-bond acceptors (Lipinski definition) is 5. The highest BCUT2D eigenvalue weighted by atomic mass is 15.5. The van der Waals surface area contributed by atoms with Gasteiger partial charge < -0.3 is 5.32 Å². The van der Waals surface area contributed by atoms with Gasteiger partial charge in [0, 0.05) is 14.1 Å². The first-order valence-electron chi connectivity index (χ1n) is 4.19. The van der Waals surface area contributed by atoms with Crippen LogP contribution in [0.3, 0.4) is 0 Å². The van der Waals surface area contributed by atoms with Crippen LogP contribution in [0.4, 0.5) is 5.82 Å². The van der Waals surface area contributed by atoms with E-state index in [0.29, 0.717) is 6.54 Å². The molecule has 7 nitrogen and oxygen atoms in total. The predicted octanol–water partition coefficient (Wildman–Crippen LogP) is -0.444. The van der Waals surface area contributed by atoms with Gasteiger partial charge in [-0.15, -0.1) is 5.10 Å². The van der Waals surface area contributed by atoms with Gasteiger partial charge in [0.05, 0.1) is 18.9 Å². The van der Waals surface area contributed by atoms with Gasteiger partial charge in [-0.1, -0.05) is 5.21 Å². The fourth-order valence-corrected chi connectivity index (χ4v) is 1.10. The number of nitrogens with zero attached hydrogens (tertiary/aromatic N) is 6. The summed E-state index contributed by atoms with van der Waals surface area (Å²) in [6, 6.07) is 0. The first kappa shape index (κ1) is 8.67. The summed E-state index contributed by atoms with van der Waals surface area (Å²) in [6.07, 6.45) is 3.38. The third-order valence-corrected chi connectivity index (χ3v) is 1.81. The van der Waals surface area contributed by atoms with E-state index in [1.165, 1.54) is 4.80 Å². The molecule has 74 valence electrons. The fraction of sp³-hybridized carbons (Fsp3) is 0.429. The molecule has 0 atom stereocenters. The van der Waals surface area contributed by atoms with Gasteiger partial charge in [-0.25, -0.2) is 4.68 Å². The average Bonchev–Trinajstić information content (AvgIpc) is 2.72. The minimum absolute atomic E-state index is 0.620. The zero-order chi connectivity index (χ0) is 9.97. The first-order valence-corrected chi connectivity index (χ1v) is 4.19. The topological polar surface area (TPSA) is 73.5 Å². The number of anilines is 1. The Kier molecular flexibility index (Phi) is 2.13. The summed E-state index contributed by atoms with van der Waals surface area (Å²) in [6.45, 7) is 0.620. The van der Waals surface area contributed by atoms with Gasteiger partial charge in [-0.2, -0.15) is 15.0 Å². The summed E-state index contributed by atoms with van der Waals surface area (Å²) in [5.41, 5.74) is 0.883. The quantitative estimate of drug-likeness (QED) is 0.715. The first-order chi connectivity index (χ1) is 6.75. The van der Waals surface area contributed by atoms with E-state index in [-0.39, 0.29) is 0 Å². The van der Waals surface area contributed by atoms with Crippen LogP contribution in [0.25, 0.3) is 0 Å². The lowest BCUT2D eigenvalue weighted by Gasteiger charge is -2.01. The summed E-state index contributed by atoms with van der Waals surface area (Å²) in [4.78, 5) is 1.53. The van der Waals surface area contributed by atoms with Crippen LogP contribution in [0.15, 0.2) is 12.4 Å². The zero-order valence-corrected chi connectivity index (χ0v) is 8.05. The largest absolute Gasteiger partial charge is 0.363 e. The lowest BCUT2D eigenvalue weighted by molar-refractivity contribution is 0.645. The monoisotopic (exact) mass is 193 g/mol. The third-order valence-electron chi connectivity index (χ3n) is 1.81. The highest BCUT2D eigenvalue weighted by Gasteiger charge is 2.01. The Morgan fingerprint density at radius 3 is 2.79 bits per heavy atom. The molecule has 0 amide bonds. The second kappa shape index (κ2) is 3.44. The Hall–Kier alpha value is -1.92. The van der Waals surface area contributed by atoms with Crippen molar-refractivity contribution >= 4 is 5.82 Å². The molecule has 0 spiro atoms. The van der Waals surface area contributed by atoms with Gasteiger partial charge in [0.15, 0.2) is 0 Å². The Morgan fingerprint density at radius 2 is 2.21 bits per heavy atom. The van der Waals surface area contributed by atoms with Crippen molar-refractivity contribution in [3.05, 3.63) is 18.1 Å². The molecule has 0 saturated carbocycles. The van der Waals surface area contributed by atoms with Crippen molar-refractivity contribution in [3.63, 3.8) is 0 Å². The number of rotatable bonds is 3. The molecule has 2 aromatic heterocycles. The van der Waals surface area contributed by atoms with E-state index < -0.39 is 0 Å². The van der Waals surface area contributed by atoms with Gasteiger partial charge in [-0.3, -0.25) is 0 Å². The van der Waals surface area contributed by atoms with E-state index in [1.54, 1.807) is 24.1 Å². The molecule has 7 heteroatoms. The molecule has 0 aliphatic heterocycles. The van der Waals surface area contributed by atoms with Gasteiger partial charge in [0.2, 0.25) is 0 Å². The van der Waals surface area contributed by atoms with Crippen LogP contribution in [0.1, 0.15) is 5.69 Å². The van der Waals surface area contributed by atoms with Gasteiger partial charge >= 0.3 is 0 Å². The molecule has 14 heavy (non-hydrogen) atoms. The molecule has 0 bridgehead atoms. The molecule has 0 aromatic carbocycles. The number of aryl methyl sites for hydroxylation is 2. The number of hydrogen-bond donors (Lipinski definition) is 1. The molecule has 2 heterocycles. The van der Waals surface area contributed by atoms with Crippen molar-refractivity contribution < 1.29 is 0 Å². The van der Waals surface area contributed by atoms with E-state index in [2.05, 4.69) is 25.8 Å². The van der Waals surface area contributed by atoms with E-state index in [1.807, 2.05) is 7.05 Å². The fourth-order valence-electron chi connectivity index (χ4n) is 1.10. The minimum atomic E-state index is 0.620. The second-order valence-corrected chi connectivity index (χ2v) is 2.92. The number of aromatic nitrogens is 6. The van der Waals surface area contributed by atoms with Crippen molar-refractivity contribution in [1.82, 2.24) is 30.0 Å². The molecule has 0 saturated heterocycles. The normalized spacial score (nSPS) is 10.4. The van der Waals surface area contributed by atoms with Gasteiger partial charge in [0.1, 0.15) is 11.5 Å². The van der Waals surface area contributed by atoms with Crippen LogP contribution < -0.4 is 5.32 Å². The molecule has 0 aliphatic carbocycles. The standard InChI is InChI=1S/C7H11N7/c1-13-7(5-9-12-13)8-3-6-4-10-14(2)11-6/h4-5,8H,3H2,1-2H3. The minimum Gasteiger partial charge on any atom is -0.363 e. The smallest absolute Gasteiger partial charge is 0.144 e. The molecule has 0 unspecified atom stereocenters. The van der Waals surface area contributed by atoms with Crippen LogP contribution >= 0.6 is 0 Å². The molecular weight excluding hydrogens is 182 g/mol. The van der Waals surface area contributed by atoms with Crippen LogP contribution in [0.5, 0.6) is 0 Å². The Morgan fingerprint density at radius 1 is 1.36 bits per heavy atom. The third kappa shape index (κ3) is 1.70. The predicted molar refractivity (Wildman–Crippen MR) is 49.3 cm³/mol. The van der Waals surface area contributed by atoms with E-state index in [4.69, 9.17) is 0 Å². The molecule has 1 N–H and O–H groups in total. The van der Waals surface area contributed by atoms with Crippen LogP contribution in [-0.4, -0.2) is 30.0 Å². The molecule has 2 aromatic rings. The van der Waals surface area contributed by atoms with Crippen LogP contribution in [-0.2, 0) is 20.6 Å². The summed E-state index contributed by atoms with van der Waals surface area (Å²) < 4.78 is 1.66. The maximum atomic E-state index is 4.13. The highest BCUT2D eigenvalue weighted by Crippen LogP contribution is 2.02. The Balaban J connectivity index is 1.98. The van der Waals surface area contributed by atoms with Crippen molar-refractivity contribution in [3.8, 4) is 0 Å². The Bertz CT molecular complexity index is 415. The summed E-state index contributed by atoms with van der Waals surface area (Å²) in [5.74, 6) is 0.857. The van der Waals surface area contributed by atoms with Crippen molar-refractivity contribution in [2.45, 2.75) is 6.54 Å². The lowest BCUT2D eigenvalue weighted by atomic mass is 10.5. The maximum absolute atomic E-state index is 4.13. The average molecular weight is 193 g/mol. The van der Waals surface area contributed by atoms with Crippen molar-refractivity contribution in [1.29, 1.82) is 0 Å². The zero-order valence-electron chi connectivity index (χ0n) is 8.05. The summed E-state index contributed by atoms with van der Waals surface area (Å²) in [7, 11) is 3.61. The van der Waals surface area contributed by atoms with Crippen LogP contribution in [0.2, 0.25) is 0 Å². The van der Waals surface area contributed by atoms with E-state index in [0.717, 1.165) is 11.5 Å². The van der Waals surface area contributed by atoms with Gasteiger partial charge in [-0.05, 0) is 0 Å². The molecule has 0 fully saturated rings. The van der Waals surface area contributed by atoms with E-state index in [9.17, 15) is 0 Å². The SMILES string of the molecule is Cn1ncc(CNc2cnnn2C)n1. The highest BCUT2D eigenvalue weighted by molar-refractivity contribution is 5.30.